The minimum absolute atomic E-state index is 0.278. The van der Waals surface area contributed by atoms with Crippen LogP contribution in [0, 0.1) is 12.3 Å². The van der Waals surface area contributed by atoms with Crippen LogP contribution >= 0.6 is 0 Å². The predicted molar refractivity (Wildman–Crippen MR) is 76.3 cm³/mol. The van der Waals surface area contributed by atoms with Gasteiger partial charge in [-0.05, 0) is 25.0 Å². The Bertz CT molecular complexity index is 427. The van der Waals surface area contributed by atoms with Crippen LogP contribution in [0.4, 0.5) is 5.69 Å². The van der Waals surface area contributed by atoms with Crippen LogP contribution in [-0.2, 0) is 0 Å². The van der Waals surface area contributed by atoms with E-state index in [0.717, 1.165) is 13.0 Å². The number of nitrogens with two attached hydrogens (primary N) is 1. The summed E-state index contributed by atoms with van der Waals surface area (Å²) in [4.78, 5) is 2.20. The Hall–Kier alpha value is -1.71. The highest BCUT2D eigenvalue weighted by atomic mass is 16.4. The van der Waals surface area contributed by atoms with E-state index in [1.807, 2.05) is 26.0 Å². The molecule has 1 aromatic rings. The van der Waals surface area contributed by atoms with Crippen molar-refractivity contribution in [2.24, 2.45) is 16.3 Å². The summed E-state index contributed by atoms with van der Waals surface area (Å²) in [5, 5.41) is 11.9. The molecule has 0 unspecified atom stereocenters. The Kier molecular flexibility index (Phi) is 4.59. The van der Waals surface area contributed by atoms with Crippen molar-refractivity contribution in [1.82, 2.24) is 0 Å². The lowest BCUT2D eigenvalue weighted by atomic mass is 9.88. The van der Waals surface area contributed by atoms with E-state index in [9.17, 15) is 0 Å². The van der Waals surface area contributed by atoms with E-state index in [0.29, 0.717) is 0 Å². The lowest BCUT2D eigenvalue weighted by Crippen LogP contribution is -2.35. The molecule has 0 aromatic heterocycles. The summed E-state index contributed by atoms with van der Waals surface area (Å²) < 4.78 is 0. The highest BCUT2D eigenvalue weighted by Gasteiger charge is 2.24. The van der Waals surface area contributed by atoms with Gasteiger partial charge in [-0.25, -0.2) is 0 Å². The molecular formula is C14H23N3O. The van der Waals surface area contributed by atoms with Crippen molar-refractivity contribution in [3.05, 3.63) is 29.8 Å². The molecule has 0 aliphatic heterocycles. The van der Waals surface area contributed by atoms with Gasteiger partial charge in [0, 0.05) is 24.7 Å². The smallest absolute Gasteiger partial charge is 0.144 e. The molecule has 0 aliphatic carbocycles. The minimum atomic E-state index is -0.300. The number of hydrogen-bond acceptors (Lipinski definition) is 3. The van der Waals surface area contributed by atoms with Crippen molar-refractivity contribution in [3.63, 3.8) is 0 Å². The summed E-state index contributed by atoms with van der Waals surface area (Å²) in [6.45, 7) is 6.91. The van der Waals surface area contributed by atoms with Crippen LogP contribution in [-0.4, -0.2) is 24.6 Å². The van der Waals surface area contributed by atoms with Crippen LogP contribution in [0.2, 0.25) is 0 Å². The minimum Gasteiger partial charge on any atom is -0.409 e. The van der Waals surface area contributed by atoms with Crippen LogP contribution in [0.25, 0.3) is 0 Å². The van der Waals surface area contributed by atoms with Crippen molar-refractivity contribution in [2.45, 2.75) is 27.2 Å². The second kappa shape index (κ2) is 5.76. The monoisotopic (exact) mass is 249 g/mol. The first kappa shape index (κ1) is 14.4. The zero-order valence-electron chi connectivity index (χ0n) is 11.6. The molecule has 0 fully saturated rings. The Morgan fingerprint density at radius 1 is 1.39 bits per heavy atom. The van der Waals surface area contributed by atoms with Gasteiger partial charge >= 0.3 is 0 Å². The van der Waals surface area contributed by atoms with Gasteiger partial charge in [-0.15, -0.1) is 0 Å². The summed E-state index contributed by atoms with van der Waals surface area (Å²) in [7, 11) is 2.06. The number of benzene rings is 1. The molecule has 18 heavy (non-hydrogen) atoms. The van der Waals surface area contributed by atoms with E-state index in [-0.39, 0.29) is 11.3 Å². The number of rotatable bonds is 5. The molecule has 0 spiro atoms. The molecule has 0 amide bonds. The first-order chi connectivity index (χ1) is 8.38. The van der Waals surface area contributed by atoms with E-state index < -0.39 is 0 Å². The van der Waals surface area contributed by atoms with Gasteiger partial charge in [0.15, 0.2) is 0 Å². The standard InChI is InChI=1S/C14H23N3O/c1-11-7-5-6-8-12(11)17(4)10-9-14(2,3)13(15)16-18/h5-8,18H,9-10H2,1-4H3,(H2,15,16). The van der Waals surface area contributed by atoms with Crippen molar-refractivity contribution >= 4 is 11.5 Å². The van der Waals surface area contributed by atoms with Crippen LogP contribution in [0.1, 0.15) is 25.8 Å². The average Bonchev–Trinajstić information content (AvgIpc) is 2.35. The Morgan fingerprint density at radius 2 is 2.00 bits per heavy atom. The van der Waals surface area contributed by atoms with Gasteiger partial charge in [-0.3, -0.25) is 0 Å². The van der Waals surface area contributed by atoms with Gasteiger partial charge in [0.05, 0.1) is 0 Å². The van der Waals surface area contributed by atoms with Crippen molar-refractivity contribution in [1.29, 1.82) is 0 Å². The largest absolute Gasteiger partial charge is 0.409 e. The van der Waals surface area contributed by atoms with Gasteiger partial charge in [0.2, 0.25) is 0 Å². The third-order valence-corrected chi connectivity index (χ3v) is 3.40. The number of amidine groups is 1. The Labute approximate surface area is 109 Å². The molecule has 1 aromatic carbocycles. The maximum atomic E-state index is 8.75. The molecule has 4 nitrogen and oxygen atoms in total. The van der Waals surface area contributed by atoms with Crippen LogP contribution in [0.3, 0.4) is 0 Å². The van der Waals surface area contributed by atoms with Crippen molar-refractivity contribution < 1.29 is 5.21 Å². The molecule has 0 saturated heterocycles. The first-order valence-corrected chi connectivity index (χ1v) is 6.13. The second-order valence-electron chi connectivity index (χ2n) is 5.33. The van der Waals surface area contributed by atoms with Gasteiger partial charge in [0.1, 0.15) is 5.84 Å². The fourth-order valence-corrected chi connectivity index (χ4v) is 1.82. The van der Waals surface area contributed by atoms with Crippen LogP contribution in [0.5, 0.6) is 0 Å². The Morgan fingerprint density at radius 3 is 2.56 bits per heavy atom. The number of para-hydroxylation sites is 1. The van der Waals surface area contributed by atoms with Gasteiger partial charge in [-0.1, -0.05) is 37.2 Å². The summed E-state index contributed by atoms with van der Waals surface area (Å²) in [5.41, 5.74) is 7.85. The lowest BCUT2D eigenvalue weighted by molar-refractivity contribution is 0.306. The first-order valence-electron chi connectivity index (χ1n) is 6.13. The summed E-state index contributed by atoms with van der Waals surface area (Å²) in [5.74, 6) is 0.278. The van der Waals surface area contributed by atoms with E-state index in [1.54, 1.807) is 0 Å². The van der Waals surface area contributed by atoms with E-state index in [1.165, 1.54) is 11.3 Å². The Balaban J connectivity index is 2.67. The number of nitrogens with zero attached hydrogens (tertiary/aromatic N) is 2. The second-order valence-corrected chi connectivity index (χ2v) is 5.33. The molecule has 3 N–H and O–H groups in total. The molecule has 0 radical (unpaired) electrons. The van der Waals surface area contributed by atoms with E-state index in [4.69, 9.17) is 10.9 Å². The zero-order chi connectivity index (χ0) is 13.8. The third-order valence-electron chi connectivity index (χ3n) is 3.40. The number of oxime groups is 1. The quantitative estimate of drug-likeness (QED) is 0.365. The topological polar surface area (TPSA) is 61.8 Å². The highest BCUT2D eigenvalue weighted by molar-refractivity contribution is 5.85. The summed E-state index contributed by atoms with van der Waals surface area (Å²) >= 11 is 0. The molecule has 0 atom stereocenters. The summed E-state index contributed by atoms with van der Waals surface area (Å²) in [6, 6.07) is 8.27. The maximum Gasteiger partial charge on any atom is 0.144 e. The van der Waals surface area contributed by atoms with Gasteiger partial charge < -0.3 is 15.8 Å². The number of aryl methyl sites for hydroxylation is 1. The maximum absolute atomic E-state index is 8.75. The summed E-state index contributed by atoms with van der Waals surface area (Å²) in [6.07, 6.45) is 0.827. The molecule has 0 saturated carbocycles. The van der Waals surface area contributed by atoms with E-state index in [2.05, 4.69) is 36.2 Å². The molecule has 1 rings (SSSR count). The highest BCUT2D eigenvalue weighted by Crippen LogP contribution is 2.24. The normalized spacial score (nSPS) is 12.6. The lowest BCUT2D eigenvalue weighted by Gasteiger charge is -2.28. The molecule has 4 heteroatoms. The molecule has 0 aliphatic rings. The molecular weight excluding hydrogens is 226 g/mol. The van der Waals surface area contributed by atoms with Crippen LogP contribution < -0.4 is 10.6 Å². The number of hydrogen-bond donors (Lipinski definition) is 2. The van der Waals surface area contributed by atoms with Gasteiger partial charge in [0.25, 0.3) is 0 Å². The molecule has 0 heterocycles. The fourth-order valence-electron chi connectivity index (χ4n) is 1.82. The third kappa shape index (κ3) is 3.39. The molecule has 0 bridgehead atoms. The fraction of sp³-hybridized carbons (Fsp3) is 0.500. The van der Waals surface area contributed by atoms with Crippen molar-refractivity contribution in [2.75, 3.05) is 18.5 Å². The van der Waals surface area contributed by atoms with Gasteiger partial charge in [-0.2, -0.15) is 0 Å². The SMILES string of the molecule is Cc1ccccc1N(C)CCC(C)(C)C(N)=NO. The van der Waals surface area contributed by atoms with E-state index >= 15 is 0 Å². The number of anilines is 1. The predicted octanol–water partition coefficient (Wildman–Crippen LogP) is 2.59. The molecule has 100 valence electrons. The van der Waals surface area contributed by atoms with Crippen molar-refractivity contribution in [3.8, 4) is 0 Å². The van der Waals surface area contributed by atoms with Crippen LogP contribution in [0.15, 0.2) is 29.4 Å². The average molecular weight is 249 g/mol. The zero-order valence-corrected chi connectivity index (χ0v) is 11.6.